The standard InChI is InChI=1S/C29H22F7N7O2S/c1-2-44-28-41-20-17-22(45-9-8-43(27(17)42-28)21(24(32)33)12-4-3-7-40-25(12)38)18(29(34,35)36)16(19(20)31)11-5-6-14(30)23-15(11)13(10-37)26(39)46-23/h4-6,21,24H,2-3,7-9,39H2,1H3,(H2,38,40). The van der Waals surface area contributed by atoms with Gasteiger partial charge in [-0.25, -0.2) is 17.6 Å². The third-order valence-corrected chi connectivity index (χ3v) is 8.60. The number of nitrogens with two attached hydrogens (primary N) is 2. The smallest absolute Gasteiger partial charge is 0.420 e. The Morgan fingerprint density at radius 2 is 1.93 bits per heavy atom. The van der Waals surface area contributed by atoms with Crippen molar-refractivity contribution in [1.29, 1.82) is 5.26 Å². The van der Waals surface area contributed by atoms with Crippen molar-refractivity contribution in [1.82, 2.24) is 9.97 Å². The van der Waals surface area contributed by atoms with E-state index in [4.69, 9.17) is 20.9 Å². The van der Waals surface area contributed by atoms with Crippen molar-refractivity contribution in [3.05, 3.63) is 46.5 Å². The van der Waals surface area contributed by atoms with Gasteiger partial charge < -0.3 is 25.8 Å². The molecule has 0 bridgehead atoms. The SMILES string of the molecule is CCOc1nc2c3c(c(C(F)(F)F)c(-c4ccc(F)c5sc(N)c(C#N)c45)c(F)c3n1)OCCN2C(C1=CCCN=C1N)C(F)F. The van der Waals surface area contributed by atoms with Crippen molar-refractivity contribution >= 4 is 49.0 Å². The molecular formula is C29H22F7N7O2S. The summed E-state index contributed by atoms with van der Waals surface area (Å²) >= 11 is 0.614. The summed E-state index contributed by atoms with van der Waals surface area (Å²) in [6, 6.07) is 1.11. The van der Waals surface area contributed by atoms with E-state index in [2.05, 4.69) is 15.0 Å². The van der Waals surface area contributed by atoms with Crippen LogP contribution in [0, 0.1) is 23.0 Å². The molecule has 0 amide bonds. The third kappa shape index (κ3) is 4.87. The molecule has 1 atom stereocenters. The highest BCUT2D eigenvalue weighted by Crippen LogP contribution is 2.53. The zero-order valence-electron chi connectivity index (χ0n) is 23.7. The highest BCUT2D eigenvalue weighted by atomic mass is 32.1. The number of alkyl halides is 5. The van der Waals surface area contributed by atoms with Gasteiger partial charge in [0.25, 0.3) is 6.43 Å². The van der Waals surface area contributed by atoms with Crippen molar-refractivity contribution in [2.75, 3.05) is 36.9 Å². The number of aliphatic imine (C=N–C) groups is 1. The lowest BCUT2D eigenvalue weighted by atomic mass is 9.91. The molecule has 2 aliphatic rings. The Kier molecular flexibility index (Phi) is 7.79. The van der Waals surface area contributed by atoms with E-state index in [0.717, 1.165) is 17.0 Å². The molecular weight excluding hydrogens is 643 g/mol. The lowest BCUT2D eigenvalue weighted by molar-refractivity contribution is -0.138. The first-order valence-corrected chi connectivity index (χ1v) is 14.6. The first kappa shape index (κ1) is 31.1. The molecule has 17 heteroatoms. The fraction of sp³-hybridized carbons (Fsp3) is 0.310. The third-order valence-electron chi connectivity index (χ3n) is 7.57. The normalized spacial score (nSPS) is 15.8. The van der Waals surface area contributed by atoms with Gasteiger partial charge in [-0.3, -0.25) is 4.99 Å². The van der Waals surface area contributed by atoms with E-state index in [1.54, 1.807) is 6.07 Å². The number of fused-ring (bicyclic) bond motifs is 1. The van der Waals surface area contributed by atoms with Gasteiger partial charge in [0.15, 0.2) is 5.82 Å². The summed E-state index contributed by atoms with van der Waals surface area (Å²) in [4.78, 5) is 13.2. The maximum atomic E-state index is 16.9. The monoisotopic (exact) mass is 665 g/mol. The fourth-order valence-corrected chi connectivity index (χ4v) is 6.73. The summed E-state index contributed by atoms with van der Waals surface area (Å²) in [5.41, 5.74) is 7.45. The van der Waals surface area contributed by atoms with Gasteiger partial charge in [0.2, 0.25) is 0 Å². The van der Waals surface area contributed by atoms with Crippen LogP contribution in [0.2, 0.25) is 0 Å². The van der Waals surface area contributed by atoms with Crippen LogP contribution in [0.5, 0.6) is 11.8 Å². The minimum Gasteiger partial charge on any atom is -0.490 e. The molecule has 0 spiro atoms. The first-order chi connectivity index (χ1) is 21.9. The number of ether oxygens (including phenoxy) is 2. The first-order valence-electron chi connectivity index (χ1n) is 13.7. The molecule has 0 radical (unpaired) electrons. The molecule has 0 aliphatic carbocycles. The number of amidine groups is 1. The summed E-state index contributed by atoms with van der Waals surface area (Å²) in [5.74, 6) is -4.08. The predicted octanol–water partition coefficient (Wildman–Crippen LogP) is 6.18. The number of rotatable bonds is 6. The molecule has 4 N–H and O–H groups in total. The number of nitrogen functional groups attached to an aromatic ring is 1. The Balaban J connectivity index is 1.76. The average molecular weight is 666 g/mol. The quantitative estimate of drug-likeness (QED) is 0.233. The van der Waals surface area contributed by atoms with Crippen LogP contribution >= 0.6 is 11.3 Å². The van der Waals surface area contributed by atoms with Gasteiger partial charge in [-0.05, 0) is 25.0 Å². The molecule has 0 saturated carbocycles. The molecule has 0 fully saturated rings. The highest BCUT2D eigenvalue weighted by molar-refractivity contribution is 7.23. The minimum atomic E-state index is -5.33. The van der Waals surface area contributed by atoms with Gasteiger partial charge in [0.1, 0.15) is 58.0 Å². The summed E-state index contributed by atoms with van der Waals surface area (Å²) < 4.78 is 118. The number of halogens is 7. The number of thiophene rings is 1. The molecule has 9 nitrogen and oxygen atoms in total. The summed E-state index contributed by atoms with van der Waals surface area (Å²) in [5, 5.41) is 8.58. The second-order valence-corrected chi connectivity index (χ2v) is 11.2. The number of nitriles is 1. The lowest BCUT2D eigenvalue weighted by Gasteiger charge is -2.34. The van der Waals surface area contributed by atoms with Crippen molar-refractivity contribution in [3.63, 3.8) is 0 Å². The number of dihydropyridines is 1. The van der Waals surface area contributed by atoms with E-state index < -0.39 is 88.6 Å². The number of benzene rings is 2. The van der Waals surface area contributed by atoms with E-state index >= 15 is 17.6 Å². The van der Waals surface area contributed by atoms with Crippen molar-refractivity contribution < 1.29 is 40.2 Å². The van der Waals surface area contributed by atoms with E-state index in [0.29, 0.717) is 11.3 Å². The topological polar surface area (TPSA) is 136 Å². The van der Waals surface area contributed by atoms with Crippen LogP contribution in [0.3, 0.4) is 0 Å². The molecule has 6 rings (SSSR count). The molecule has 1 unspecified atom stereocenters. The van der Waals surface area contributed by atoms with Crippen LogP contribution in [0.25, 0.3) is 32.1 Å². The van der Waals surface area contributed by atoms with Crippen LogP contribution in [0.15, 0.2) is 28.8 Å². The second kappa shape index (κ2) is 11.5. The molecule has 46 heavy (non-hydrogen) atoms. The maximum Gasteiger partial charge on any atom is 0.420 e. The highest BCUT2D eigenvalue weighted by Gasteiger charge is 2.45. The largest absolute Gasteiger partial charge is 0.490 e. The van der Waals surface area contributed by atoms with Crippen molar-refractivity contribution in [2.24, 2.45) is 10.7 Å². The molecule has 4 heterocycles. The van der Waals surface area contributed by atoms with Crippen LogP contribution in [-0.4, -0.2) is 54.6 Å². The molecule has 0 saturated heterocycles. The Labute approximate surface area is 259 Å². The second-order valence-electron chi connectivity index (χ2n) is 10.2. The molecule has 240 valence electrons. The molecule has 2 aromatic carbocycles. The van der Waals surface area contributed by atoms with Crippen LogP contribution in [0.1, 0.15) is 24.5 Å². The van der Waals surface area contributed by atoms with E-state index in [1.807, 2.05) is 0 Å². The van der Waals surface area contributed by atoms with Crippen molar-refractivity contribution in [3.8, 4) is 29.0 Å². The van der Waals surface area contributed by atoms with Gasteiger partial charge in [-0.2, -0.15) is 28.4 Å². The number of hydrogen-bond acceptors (Lipinski definition) is 10. The number of nitrogens with zero attached hydrogens (tertiary/aromatic N) is 5. The van der Waals surface area contributed by atoms with Crippen LogP contribution in [0.4, 0.5) is 41.6 Å². The zero-order chi connectivity index (χ0) is 33.1. The Morgan fingerprint density at radius 3 is 2.59 bits per heavy atom. The number of anilines is 2. The lowest BCUT2D eigenvalue weighted by Crippen LogP contribution is -2.47. The number of hydrogen-bond donors (Lipinski definition) is 2. The summed E-state index contributed by atoms with van der Waals surface area (Å²) in [6.07, 6.45) is -6.74. The van der Waals surface area contributed by atoms with Crippen molar-refractivity contribution in [2.45, 2.75) is 32.0 Å². The maximum absolute atomic E-state index is 16.9. The van der Waals surface area contributed by atoms with Gasteiger partial charge >= 0.3 is 12.2 Å². The minimum absolute atomic E-state index is 0.0647. The van der Waals surface area contributed by atoms with E-state index in [-0.39, 0.29) is 51.6 Å². The van der Waals surface area contributed by atoms with E-state index in [1.165, 1.54) is 13.0 Å². The van der Waals surface area contributed by atoms with Crippen LogP contribution in [-0.2, 0) is 6.18 Å². The predicted molar refractivity (Wildman–Crippen MR) is 157 cm³/mol. The van der Waals surface area contributed by atoms with Gasteiger partial charge in [0, 0.05) is 23.1 Å². The molecule has 2 aromatic heterocycles. The van der Waals surface area contributed by atoms with Crippen LogP contribution < -0.4 is 25.8 Å². The zero-order valence-corrected chi connectivity index (χ0v) is 24.5. The van der Waals surface area contributed by atoms with Gasteiger partial charge in [-0.1, -0.05) is 12.1 Å². The Hall–Kier alpha value is -4.85. The summed E-state index contributed by atoms with van der Waals surface area (Å²) in [6.45, 7) is 0.723. The van der Waals surface area contributed by atoms with Gasteiger partial charge in [-0.15, -0.1) is 11.3 Å². The molecule has 4 aromatic rings. The van der Waals surface area contributed by atoms with E-state index in [9.17, 15) is 18.4 Å². The average Bonchev–Trinajstić information content (AvgIpc) is 3.24. The van der Waals surface area contributed by atoms with Gasteiger partial charge in [0.05, 0.1) is 28.8 Å². The molecule has 2 aliphatic heterocycles. The fourth-order valence-electron chi connectivity index (χ4n) is 5.78. The Morgan fingerprint density at radius 1 is 1.17 bits per heavy atom. The summed E-state index contributed by atoms with van der Waals surface area (Å²) in [7, 11) is 0. The Bertz CT molecular complexity index is 2000. The number of aromatic nitrogens is 2.